The highest BCUT2D eigenvalue weighted by Gasteiger charge is 2.22. The molecule has 0 aliphatic carbocycles. The average Bonchev–Trinajstić information content (AvgIpc) is 2.73. The number of piperidine rings is 1. The van der Waals surface area contributed by atoms with Gasteiger partial charge in [0.15, 0.2) is 0 Å². The highest BCUT2D eigenvalue weighted by Crippen LogP contribution is 2.25. The zero-order valence-electron chi connectivity index (χ0n) is 15.8. The first-order chi connectivity index (χ1) is 13.6. The van der Waals surface area contributed by atoms with Gasteiger partial charge in [-0.2, -0.15) is 5.26 Å². The summed E-state index contributed by atoms with van der Waals surface area (Å²) in [7, 11) is 0. The first-order valence-electron chi connectivity index (χ1n) is 9.36. The fourth-order valence-electron chi connectivity index (χ4n) is 3.12. The summed E-state index contributed by atoms with van der Waals surface area (Å²) >= 11 is 5.67. The van der Waals surface area contributed by atoms with Gasteiger partial charge in [-0.15, -0.1) is 0 Å². The fraction of sp³-hybridized carbons (Fsp3) is 0.261. The van der Waals surface area contributed by atoms with Crippen LogP contribution in [0.3, 0.4) is 0 Å². The highest BCUT2D eigenvalue weighted by molar-refractivity contribution is 7.80. The molecule has 142 valence electrons. The van der Waals surface area contributed by atoms with Gasteiger partial charge >= 0.3 is 5.97 Å². The van der Waals surface area contributed by atoms with Gasteiger partial charge in [0.25, 0.3) is 0 Å². The number of para-hydroxylation sites is 1. The molecule has 0 spiro atoms. The smallest absolute Gasteiger partial charge is 0.354 e. The van der Waals surface area contributed by atoms with Crippen molar-refractivity contribution in [1.82, 2.24) is 4.90 Å². The number of hydrogen-bond acceptors (Lipinski definition) is 4. The first kappa shape index (κ1) is 19.8. The summed E-state index contributed by atoms with van der Waals surface area (Å²) in [6.07, 6.45) is 3.72. The van der Waals surface area contributed by atoms with Gasteiger partial charge in [-0.25, -0.2) is 4.79 Å². The number of nitriles is 1. The van der Waals surface area contributed by atoms with Crippen LogP contribution in [0.5, 0.6) is 5.75 Å². The lowest BCUT2D eigenvalue weighted by Crippen LogP contribution is -2.37. The average molecular weight is 391 g/mol. The maximum absolute atomic E-state index is 12.6. The molecule has 0 saturated carbocycles. The summed E-state index contributed by atoms with van der Waals surface area (Å²) in [4.78, 5) is 15.4. The van der Waals surface area contributed by atoms with Gasteiger partial charge in [0.05, 0.1) is 5.56 Å². The number of benzene rings is 2. The zero-order valence-corrected chi connectivity index (χ0v) is 16.6. The van der Waals surface area contributed by atoms with Crippen molar-refractivity contribution in [2.75, 3.05) is 13.1 Å². The number of carbonyl (C=O) groups excluding carboxylic acids is 1. The van der Waals surface area contributed by atoms with Gasteiger partial charge in [-0.1, -0.05) is 61.6 Å². The molecule has 3 rings (SSSR count). The summed E-state index contributed by atoms with van der Waals surface area (Å²) in [5, 5.41) is 9.39. The van der Waals surface area contributed by atoms with Crippen molar-refractivity contribution < 1.29 is 9.53 Å². The molecule has 28 heavy (non-hydrogen) atoms. The molecular formula is C23H22N2O2S. The van der Waals surface area contributed by atoms with E-state index in [1.54, 1.807) is 12.1 Å². The zero-order chi connectivity index (χ0) is 19.9. The molecule has 1 saturated heterocycles. The van der Waals surface area contributed by atoms with Crippen LogP contribution in [0.4, 0.5) is 0 Å². The standard InChI is InChI=1S/C23H22N2O2S/c1-17-11-13-25(14-12-17)22(28)20-9-5-6-10-21(20)27-23(26)19(16-24)15-18-7-3-2-4-8-18/h2-10,15,17H,11-14H2,1H3/b19-15+. The van der Waals surface area contributed by atoms with E-state index >= 15 is 0 Å². The molecule has 2 aromatic carbocycles. The van der Waals surface area contributed by atoms with Crippen LogP contribution in [-0.2, 0) is 4.79 Å². The molecular weight excluding hydrogens is 368 g/mol. The monoisotopic (exact) mass is 390 g/mol. The number of rotatable bonds is 4. The summed E-state index contributed by atoms with van der Waals surface area (Å²) < 4.78 is 5.56. The molecule has 4 nitrogen and oxygen atoms in total. The lowest BCUT2D eigenvalue weighted by molar-refractivity contribution is -0.129. The fourth-order valence-corrected chi connectivity index (χ4v) is 3.47. The third kappa shape index (κ3) is 4.85. The molecule has 0 bridgehead atoms. The Morgan fingerprint density at radius 2 is 1.79 bits per heavy atom. The van der Waals surface area contributed by atoms with E-state index in [1.807, 2.05) is 48.5 Å². The number of likely N-dealkylation sites (tertiary alicyclic amines) is 1. The molecule has 0 N–H and O–H groups in total. The van der Waals surface area contributed by atoms with Crippen molar-refractivity contribution in [2.45, 2.75) is 19.8 Å². The van der Waals surface area contributed by atoms with Gasteiger partial charge in [0.2, 0.25) is 0 Å². The number of esters is 1. The van der Waals surface area contributed by atoms with E-state index in [0.717, 1.165) is 31.5 Å². The van der Waals surface area contributed by atoms with Crippen molar-refractivity contribution in [2.24, 2.45) is 5.92 Å². The molecule has 0 unspecified atom stereocenters. The second kappa shape index (κ2) is 9.29. The Hall–Kier alpha value is -2.97. The van der Waals surface area contributed by atoms with E-state index in [0.29, 0.717) is 22.2 Å². The molecule has 1 fully saturated rings. The van der Waals surface area contributed by atoms with Crippen molar-refractivity contribution in [3.63, 3.8) is 0 Å². The molecule has 0 radical (unpaired) electrons. The summed E-state index contributed by atoms with van der Waals surface area (Å²) in [6, 6.07) is 18.4. The van der Waals surface area contributed by atoms with Crippen LogP contribution in [0.25, 0.3) is 6.08 Å². The Kier molecular flexibility index (Phi) is 6.57. The van der Waals surface area contributed by atoms with Gasteiger partial charge < -0.3 is 9.64 Å². The minimum Gasteiger partial charge on any atom is -0.422 e. The third-order valence-corrected chi connectivity index (χ3v) is 5.32. The molecule has 0 amide bonds. The second-order valence-electron chi connectivity index (χ2n) is 6.94. The SMILES string of the molecule is CC1CCN(C(=S)c2ccccc2OC(=O)/C(C#N)=C/c2ccccc2)CC1. The predicted octanol–water partition coefficient (Wildman–Crippen LogP) is 4.61. The molecule has 2 aromatic rings. The van der Waals surface area contributed by atoms with Crippen molar-refractivity contribution >= 4 is 29.3 Å². The van der Waals surface area contributed by atoms with Crippen LogP contribution < -0.4 is 4.74 Å². The second-order valence-corrected chi connectivity index (χ2v) is 7.33. The van der Waals surface area contributed by atoms with E-state index in [-0.39, 0.29) is 5.57 Å². The number of carbonyl (C=O) groups is 1. The van der Waals surface area contributed by atoms with Gasteiger partial charge in [-0.05, 0) is 42.5 Å². The van der Waals surface area contributed by atoms with Gasteiger partial charge in [-0.3, -0.25) is 0 Å². The van der Waals surface area contributed by atoms with Crippen LogP contribution in [0.2, 0.25) is 0 Å². The molecule has 1 heterocycles. The summed E-state index contributed by atoms with van der Waals surface area (Å²) in [5.41, 5.74) is 1.42. The number of nitrogens with zero attached hydrogens (tertiary/aromatic N) is 2. The van der Waals surface area contributed by atoms with E-state index in [4.69, 9.17) is 17.0 Å². The third-order valence-electron chi connectivity index (χ3n) is 4.84. The maximum Gasteiger partial charge on any atom is 0.354 e. The van der Waals surface area contributed by atoms with E-state index in [9.17, 15) is 10.1 Å². The molecule has 1 aliphatic heterocycles. The Balaban J connectivity index is 1.79. The van der Waals surface area contributed by atoms with Gasteiger partial charge in [0.1, 0.15) is 22.4 Å². The highest BCUT2D eigenvalue weighted by atomic mass is 32.1. The van der Waals surface area contributed by atoms with Gasteiger partial charge in [0, 0.05) is 13.1 Å². The van der Waals surface area contributed by atoms with Crippen LogP contribution in [0.15, 0.2) is 60.2 Å². The lowest BCUT2D eigenvalue weighted by Gasteiger charge is -2.32. The van der Waals surface area contributed by atoms with E-state index < -0.39 is 5.97 Å². The van der Waals surface area contributed by atoms with Crippen LogP contribution >= 0.6 is 12.2 Å². The first-order valence-corrected chi connectivity index (χ1v) is 9.76. The quantitative estimate of drug-likeness (QED) is 0.251. The Morgan fingerprint density at radius 1 is 1.14 bits per heavy atom. The molecule has 5 heteroatoms. The molecule has 0 aromatic heterocycles. The number of ether oxygens (including phenoxy) is 1. The largest absolute Gasteiger partial charge is 0.422 e. The normalized spacial score (nSPS) is 15.0. The summed E-state index contributed by atoms with van der Waals surface area (Å²) in [5.74, 6) is 0.396. The molecule has 0 atom stereocenters. The molecule has 1 aliphatic rings. The minimum atomic E-state index is -0.686. The van der Waals surface area contributed by atoms with Crippen LogP contribution in [0.1, 0.15) is 30.9 Å². The number of hydrogen-bond donors (Lipinski definition) is 0. The topological polar surface area (TPSA) is 53.3 Å². The predicted molar refractivity (Wildman–Crippen MR) is 114 cm³/mol. The minimum absolute atomic E-state index is 0.0567. The summed E-state index contributed by atoms with van der Waals surface area (Å²) in [6.45, 7) is 4.05. The lowest BCUT2D eigenvalue weighted by atomic mass is 9.99. The maximum atomic E-state index is 12.6. The van der Waals surface area contributed by atoms with Crippen LogP contribution in [-0.4, -0.2) is 28.9 Å². The number of thiocarbonyl (C=S) groups is 1. The van der Waals surface area contributed by atoms with E-state index in [1.165, 1.54) is 6.08 Å². The van der Waals surface area contributed by atoms with Crippen molar-refractivity contribution in [3.8, 4) is 11.8 Å². The van der Waals surface area contributed by atoms with E-state index in [2.05, 4.69) is 11.8 Å². The Morgan fingerprint density at radius 3 is 2.46 bits per heavy atom. The van der Waals surface area contributed by atoms with Crippen LogP contribution in [0, 0.1) is 17.2 Å². The Bertz CT molecular complexity index is 923. The van der Waals surface area contributed by atoms with Crippen molar-refractivity contribution in [3.05, 3.63) is 71.3 Å². The Labute approximate surface area is 171 Å². The van der Waals surface area contributed by atoms with Crippen molar-refractivity contribution in [1.29, 1.82) is 5.26 Å².